The van der Waals surface area contributed by atoms with Crippen molar-refractivity contribution in [1.82, 2.24) is 10.3 Å². The van der Waals surface area contributed by atoms with E-state index in [4.69, 9.17) is 0 Å². The number of amides is 1. The first-order valence-corrected chi connectivity index (χ1v) is 7.81. The second-order valence-electron chi connectivity index (χ2n) is 6.99. The lowest BCUT2D eigenvalue weighted by atomic mass is 9.80. The zero-order valence-corrected chi connectivity index (χ0v) is 13.8. The van der Waals surface area contributed by atoms with Gasteiger partial charge in [-0.15, -0.1) is 0 Å². The monoisotopic (exact) mass is 302 g/mol. The molecule has 4 heteroatoms. The molecule has 0 aliphatic carbocycles. The first-order chi connectivity index (χ1) is 10.3. The van der Waals surface area contributed by atoms with Gasteiger partial charge in [0.1, 0.15) is 0 Å². The second-order valence-corrected chi connectivity index (χ2v) is 6.99. The molecule has 1 heterocycles. The highest BCUT2D eigenvalue weighted by Gasteiger charge is 2.30. The van der Waals surface area contributed by atoms with Crippen LogP contribution < -0.4 is 5.32 Å². The van der Waals surface area contributed by atoms with E-state index in [1.54, 1.807) is 0 Å². The number of fused-ring (bicyclic) bond motifs is 1. The number of rotatable bonds is 6. The maximum atomic E-state index is 12.2. The van der Waals surface area contributed by atoms with Crippen LogP contribution in [0.1, 0.15) is 33.3 Å². The van der Waals surface area contributed by atoms with Crippen molar-refractivity contribution in [2.45, 2.75) is 40.2 Å². The zero-order chi connectivity index (χ0) is 16.3. The summed E-state index contributed by atoms with van der Waals surface area (Å²) in [5, 5.41) is 14.2. The summed E-state index contributed by atoms with van der Waals surface area (Å²) >= 11 is 0. The van der Waals surface area contributed by atoms with Crippen molar-refractivity contribution in [2.24, 2.45) is 11.3 Å². The molecule has 22 heavy (non-hydrogen) atoms. The molecule has 2 rings (SSSR count). The number of para-hydroxylation sites is 1. The molecule has 1 unspecified atom stereocenters. The molecule has 4 nitrogen and oxygen atoms in total. The van der Waals surface area contributed by atoms with E-state index in [1.165, 1.54) is 0 Å². The third-order valence-electron chi connectivity index (χ3n) is 4.20. The lowest BCUT2D eigenvalue weighted by Gasteiger charge is -2.33. The Morgan fingerprint density at radius 3 is 2.68 bits per heavy atom. The molecule has 3 N–H and O–H groups in total. The molecule has 2 aromatic rings. The molecule has 0 radical (unpaired) electrons. The van der Waals surface area contributed by atoms with Gasteiger partial charge in [-0.25, -0.2) is 0 Å². The van der Waals surface area contributed by atoms with Crippen molar-refractivity contribution >= 4 is 16.8 Å². The van der Waals surface area contributed by atoms with Crippen molar-refractivity contribution in [2.75, 3.05) is 6.54 Å². The molecule has 0 bridgehead atoms. The van der Waals surface area contributed by atoms with E-state index in [-0.39, 0.29) is 17.2 Å². The largest absolute Gasteiger partial charge is 0.392 e. The standard InChI is InChI=1S/C18H26N2O2/c1-12(2)17(22)18(3,4)11-20-16(21)9-13-10-19-15-8-6-5-7-14(13)15/h5-8,10,12,17,19,22H,9,11H2,1-4H3,(H,20,21). The Balaban J connectivity index is 1.96. The van der Waals surface area contributed by atoms with Gasteiger partial charge in [0, 0.05) is 29.1 Å². The normalized spacial score (nSPS) is 13.5. The molecule has 0 saturated heterocycles. The minimum Gasteiger partial charge on any atom is -0.392 e. The molecule has 1 atom stereocenters. The number of hydrogen-bond donors (Lipinski definition) is 3. The van der Waals surface area contributed by atoms with Gasteiger partial charge in [0.05, 0.1) is 12.5 Å². The summed E-state index contributed by atoms with van der Waals surface area (Å²) in [4.78, 5) is 15.4. The fourth-order valence-electron chi connectivity index (χ4n) is 2.85. The maximum Gasteiger partial charge on any atom is 0.224 e. The summed E-state index contributed by atoms with van der Waals surface area (Å²) in [5.74, 6) is 0.148. The van der Waals surface area contributed by atoms with Crippen molar-refractivity contribution in [3.05, 3.63) is 36.0 Å². The first kappa shape index (κ1) is 16.6. The Hall–Kier alpha value is -1.81. The van der Waals surface area contributed by atoms with Crippen LogP contribution >= 0.6 is 0 Å². The SMILES string of the molecule is CC(C)C(O)C(C)(C)CNC(=O)Cc1c[nH]c2ccccc12. The lowest BCUT2D eigenvalue weighted by Crippen LogP contribution is -2.43. The Morgan fingerprint density at radius 2 is 2.00 bits per heavy atom. The number of carbonyl (C=O) groups excluding carboxylic acids is 1. The van der Waals surface area contributed by atoms with Crippen LogP contribution in [0.15, 0.2) is 30.5 Å². The number of aliphatic hydroxyl groups is 1. The summed E-state index contributed by atoms with van der Waals surface area (Å²) < 4.78 is 0. The highest BCUT2D eigenvalue weighted by molar-refractivity contribution is 5.88. The van der Waals surface area contributed by atoms with Gasteiger partial charge in [-0.2, -0.15) is 0 Å². The van der Waals surface area contributed by atoms with Crippen molar-refractivity contribution < 1.29 is 9.90 Å². The molecule has 0 spiro atoms. The van der Waals surface area contributed by atoms with Crippen LogP contribution in [0.2, 0.25) is 0 Å². The van der Waals surface area contributed by atoms with Crippen LogP contribution in [0.5, 0.6) is 0 Å². The third-order valence-corrected chi connectivity index (χ3v) is 4.20. The predicted molar refractivity (Wildman–Crippen MR) is 89.6 cm³/mol. The van der Waals surface area contributed by atoms with Gasteiger partial charge in [0.25, 0.3) is 0 Å². The summed E-state index contributed by atoms with van der Waals surface area (Å²) in [6.07, 6.45) is 1.79. The summed E-state index contributed by atoms with van der Waals surface area (Å²) in [6, 6.07) is 7.96. The maximum absolute atomic E-state index is 12.2. The minimum atomic E-state index is -0.444. The molecule has 1 aromatic heterocycles. The molecular weight excluding hydrogens is 276 g/mol. The molecule has 120 valence electrons. The van der Waals surface area contributed by atoms with E-state index in [9.17, 15) is 9.90 Å². The predicted octanol–water partition coefficient (Wildman–Crippen LogP) is 2.87. The number of nitrogens with one attached hydrogen (secondary N) is 2. The number of H-pyrrole nitrogens is 1. The van der Waals surface area contributed by atoms with Gasteiger partial charge in [-0.05, 0) is 17.5 Å². The van der Waals surface area contributed by atoms with E-state index >= 15 is 0 Å². The molecule has 0 aliphatic rings. The van der Waals surface area contributed by atoms with Gasteiger partial charge >= 0.3 is 0 Å². The quantitative estimate of drug-likeness (QED) is 0.768. The van der Waals surface area contributed by atoms with Crippen molar-refractivity contribution in [3.8, 4) is 0 Å². The van der Waals surface area contributed by atoms with Crippen molar-refractivity contribution in [3.63, 3.8) is 0 Å². The van der Waals surface area contributed by atoms with Crippen LogP contribution in [0.25, 0.3) is 10.9 Å². The Kier molecular flexibility index (Phi) is 4.91. The van der Waals surface area contributed by atoms with E-state index < -0.39 is 6.10 Å². The molecule has 0 aliphatic heterocycles. The van der Waals surface area contributed by atoms with Crippen molar-refractivity contribution in [1.29, 1.82) is 0 Å². The highest BCUT2D eigenvalue weighted by atomic mass is 16.3. The average molecular weight is 302 g/mol. The molecular formula is C18H26N2O2. The van der Waals surface area contributed by atoms with Crippen LogP contribution in [0.3, 0.4) is 0 Å². The van der Waals surface area contributed by atoms with Crippen LogP contribution in [0.4, 0.5) is 0 Å². The Labute approximate surface area is 131 Å². The molecule has 0 saturated carbocycles. The second kappa shape index (κ2) is 6.53. The molecule has 1 aromatic carbocycles. The number of aromatic amines is 1. The summed E-state index contributed by atoms with van der Waals surface area (Å²) in [6.45, 7) is 8.39. The van der Waals surface area contributed by atoms with Crippen LogP contribution in [-0.4, -0.2) is 28.6 Å². The van der Waals surface area contributed by atoms with Gasteiger partial charge in [-0.3, -0.25) is 4.79 Å². The number of carbonyl (C=O) groups is 1. The number of aromatic nitrogens is 1. The third kappa shape index (κ3) is 3.69. The molecule has 1 amide bonds. The summed E-state index contributed by atoms with van der Waals surface area (Å²) in [7, 11) is 0. The average Bonchev–Trinajstić information content (AvgIpc) is 2.88. The van der Waals surface area contributed by atoms with Gasteiger partial charge in [0.15, 0.2) is 0 Å². The topological polar surface area (TPSA) is 65.1 Å². The minimum absolute atomic E-state index is 0.0196. The van der Waals surface area contributed by atoms with E-state index in [1.807, 2.05) is 58.2 Å². The van der Waals surface area contributed by atoms with E-state index in [0.717, 1.165) is 16.5 Å². The number of benzene rings is 1. The Morgan fingerprint density at radius 1 is 1.32 bits per heavy atom. The number of hydrogen-bond acceptors (Lipinski definition) is 2. The number of aliphatic hydroxyl groups excluding tert-OH is 1. The smallest absolute Gasteiger partial charge is 0.224 e. The first-order valence-electron chi connectivity index (χ1n) is 7.81. The fourth-order valence-corrected chi connectivity index (χ4v) is 2.85. The Bertz CT molecular complexity index is 643. The van der Waals surface area contributed by atoms with Crippen LogP contribution in [0, 0.1) is 11.3 Å². The van der Waals surface area contributed by atoms with E-state index in [0.29, 0.717) is 13.0 Å². The zero-order valence-electron chi connectivity index (χ0n) is 13.8. The molecule has 0 fully saturated rings. The lowest BCUT2D eigenvalue weighted by molar-refractivity contribution is -0.121. The fraction of sp³-hybridized carbons (Fsp3) is 0.500. The van der Waals surface area contributed by atoms with Crippen LogP contribution in [-0.2, 0) is 11.2 Å². The van der Waals surface area contributed by atoms with Gasteiger partial charge in [-0.1, -0.05) is 45.9 Å². The van der Waals surface area contributed by atoms with Gasteiger partial charge < -0.3 is 15.4 Å². The van der Waals surface area contributed by atoms with Gasteiger partial charge in [0.2, 0.25) is 5.91 Å². The van der Waals surface area contributed by atoms with E-state index in [2.05, 4.69) is 10.3 Å². The summed E-state index contributed by atoms with van der Waals surface area (Å²) in [5.41, 5.74) is 1.69. The highest BCUT2D eigenvalue weighted by Crippen LogP contribution is 2.25.